The molecule has 23 heavy (non-hydrogen) atoms. The van der Waals surface area contributed by atoms with Gasteiger partial charge < -0.3 is 14.6 Å². The Balaban J connectivity index is 2.55. The molecule has 0 bridgehead atoms. The molecular formula is C15H16FNO5S. The maximum Gasteiger partial charge on any atom is 0.267 e. The van der Waals surface area contributed by atoms with Gasteiger partial charge in [-0.15, -0.1) is 0 Å². The Morgan fingerprint density at radius 3 is 2.26 bits per heavy atom. The molecule has 2 aromatic rings. The molecule has 0 aliphatic heterocycles. The molecule has 0 heterocycles. The van der Waals surface area contributed by atoms with Gasteiger partial charge in [-0.25, -0.2) is 12.8 Å². The van der Waals surface area contributed by atoms with Gasteiger partial charge in [0, 0.05) is 25.2 Å². The van der Waals surface area contributed by atoms with Crippen LogP contribution in [0.3, 0.4) is 0 Å². The van der Waals surface area contributed by atoms with Crippen LogP contribution in [0.2, 0.25) is 0 Å². The molecule has 0 spiro atoms. The minimum atomic E-state index is -4.19. The number of rotatable bonds is 5. The van der Waals surface area contributed by atoms with Crippen LogP contribution in [0.4, 0.5) is 10.1 Å². The van der Waals surface area contributed by atoms with Crippen LogP contribution in [0.25, 0.3) is 0 Å². The summed E-state index contributed by atoms with van der Waals surface area (Å²) >= 11 is 0. The first-order chi connectivity index (χ1) is 10.8. The Hall–Kier alpha value is -2.48. The van der Waals surface area contributed by atoms with E-state index in [1.165, 1.54) is 45.5 Å². The molecule has 0 amide bonds. The summed E-state index contributed by atoms with van der Waals surface area (Å²) in [5.74, 6) is -0.882. The van der Waals surface area contributed by atoms with Crippen molar-refractivity contribution in [1.29, 1.82) is 0 Å². The third-order valence-electron chi connectivity index (χ3n) is 3.27. The van der Waals surface area contributed by atoms with Crippen molar-refractivity contribution in [2.75, 3.05) is 25.6 Å². The van der Waals surface area contributed by atoms with Crippen molar-refractivity contribution in [2.45, 2.75) is 4.90 Å². The average molecular weight is 341 g/mol. The topological polar surface area (TPSA) is 76.1 Å². The summed E-state index contributed by atoms with van der Waals surface area (Å²) in [6.07, 6.45) is 0. The normalized spacial score (nSPS) is 11.1. The first-order valence-corrected chi connectivity index (χ1v) is 7.94. The van der Waals surface area contributed by atoms with Crippen molar-refractivity contribution in [3.05, 3.63) is 42.2 Å². The van der Waals surface area contributed by atoms with Crippen molar-refractivity contribution in [3.8, 4) is 17.2 Å². The number of aromatic hydroxyl groups is 1. The van der Waals surface area contributed by atoms with E-state index in [2.05, 4.69) is 0 Å². The van der Waals surface area contributed by atoms with Gasteiger partial charge in [0.05, 0.1) is 19.9 Å². The molecule has 124 valence electrons. The van der Waals surface area contributed by atoms with Crippen LogP contribution < -0.4 is 13.8 Å². The molecule has 1 N–H and O–H groups in total. The van der Waals surface area contributed by atoms with Crippen LogP contribution >= 0.6 is 0 Å². The number of benzene rings is 2. The highest BCUT2D eigenvalue weighted by Gasteiger charge is 2.27. The molecule has 0 aromatic heterocycles. The minimum Gasteiger partial charge on any atom is -0.508 e. The number of anilines is 1. The summed E-state index contributed by atoms with van der Waals surface area (Å²) in [5.41, 5.74) is 0.194. The van der Waals surface area contributed by atoms with Gasteiger partial charge >= 0.3 is 0 Å². The fourth-order valence-electron chi connectivity index (χ4n) is 2.01. The molecule has 0 saturated carbocycles. The minimum absolute atomic E-state index is 0.0870. The molecule has 0 atom stereocenters. The van der Waals surface area contributed by atoms with Crippen LogP contribution in [0.1, 0.15) is 0 Å². The van der Waals surface area contributed by atoms with Gasteiger partial charge in [-0.2, -0.15) is 0 Å². The Morgan fingerprint density at radius 1 is 1.09 bits per heavy atom. The third-order valence-corrected chi connectivity index (χ3v) is 5.07. The highest BCUT2D eigenvalue weighted by molar-refractivity contribution is 7.92. The van der Waals surface area contributed by atoms with Gasteiger partial charge in [-0.1, -0.05) is 6.07 Å². The average Bonchev–Trinajstić information content (AvgIpc) is 2.53. The van der Waals surface area contributed by atoms with Crippen LogP contribution in [0.5, 0.6) is 17.2 Å². The SMILES string of the molecule is COc1cc(F)c(S(=O)(=O)N(C)c2cccc(O)c2)cc1OC. The number of phenols is 1. The van der Waals surface area contributed by atoms with E-state index in [4.69, 9.17) is 9.47 Å². The van der Waals surface area contributed by atoms with Crippen LogP contribution in [0, 0.1) is 5.82 Å². The largest absolute Gasteiger partial charge is 0.508 e. The standard InChI is InChI=1S/C15H16FNO5S/c1-17(10-5-4-6-11(18)7-10)23(19,20)15-9-14(22-3)13(21-2)8-12(15)16/h4-9,18H,1-3H3. The highest BCUT2D eigenvalue weighted by Crippen LogP contribution is 2.34. The lowest BCUT2D eigenvalue weighted by Crippen LogP contribution is -2.27. The Bertz CT molecular complexity index is 823. The lowest BCUT2D eigenvalue weighted by Gasteiger charge is -2.20. The fourth-order valence-corrected chi connectivity index (χ4v) is 3.26. The zero-order valence-electron chi connectivity index (χ0n) is 12.8. The molecule has 2 aromatic carbocycles. The van der Waals surface area contributed by atoms with Gasteiger partial charge in [0.1, 0.15) is 16.5 Å². The number of halogens is 1. The van der Waals surface area contributed by atoms with E-state index in [1.54, 1.807) is 0 Å². The van der Waals surface area contributed by atoms with Crippen LogP contribution in [0.15, 0.2) is 41.3 Å². The van der Waals surface area contributed by atoms with Crippen molar-refractivity contribution in [2.24, 2.45) is 0 Å². The van der Waals surface area contributed by atoms with Crippen molar-refractivity contribution >= 4 is 15.7 Å². The molecule has 6 nitrogen and oxygen atoms in total. The quantitative estimate of drug-likeness (QED) is 0.903. The molecule has 8 heteroatoms. The molecule has 0 aliphatic rings. The monoisotopic (exact) mass is 341 g/mol. The fraction of sp³-hybridized carbons (Fsp3) is 0.200. The maximum atomic E-state index is 14.2. The number of nitrogens with zero attached hydrogens (tertiary/aromatic N) is 1. The molecular weight excluding hydrogens is 325 g/mol. The molecule has 0 aliphatic carbocycles. The van der Waals surface area contributed by atoms with E-state index in [0.717, 1.165) is 16.4 Å². The summed E-state index contributed by atoms with van der Waals surface area (Å²) < 4.78 is 50.3. The zero-order chi connectivity index (χ0) is 17.2. The third kappa shape index (κ3) is 3.16. The first-order valence-electron chi connectivity index (χ1n) is 6.50. The molecule has 0 saturated heterocycles. The maximum absolute atomic E-state index is 14.2. The van der Waals surface area contributed by atoms with E-state index < -0.39 is 20.7 Å². The van der Waals surface area contributed by atoms with Crippen molar-refractivity contribution in [3.63, 3.8) is 0 Å². The molecule has 2 rings (SSSR count). The van der Waals surface area contributed by atoms with Gasteiger partial charge in [-0.05, 0) is 12.1 Å². The lowest BCUT2D eigenvalue weighted by molar-refractivity contribution is 0.350. The second-order valence-corrected chi connectivity index (χ2v) is 6.57. The van der Waals surface area contributed by atoms with Crippen LogP contribution in [-0.2, 0) is 10.0 Å². The number of sulfonamides is 1. The zero-order valence-corrected chi connectivity index (χ0v) is 13.6. The van der Waals surface area contributed by atoms with Gasteiger partial charge in [0.2, 0.25) is 0 Å². The first kappa shape index (κ1) is 16.9. The van der Waals surface area contributed by atoms with E-state index in [1.807, 2.05) is 0 Å². The van der Waals surface area contributed by atoms with Gasteiger partial charge in [-0.3, -0.25) is 4.31 Å². The predicted octanol–water partition coefficient (Wildman–Crippen LogP) is 2.37. The number of methoxy groups -OCH3 is 2. The van der Waals surface area contributed by atoms with Crippen LogP contribution in [-0.4, -0.2) is 34.8 Å². The van der Waals surface area contributed by atoms with Crippen molar-refractivity contribution in [1.82, 2.24) is 0 Å². The van der Waals surface area contributed by atoms with Gasteiger partial charge in [0.15, 0.2) is 11.5 Å². The number of hydrogen-bond donors (Lipinski definition) is 1. The van der Waals surface area contributed by atoms with E-state index in [9.17, 15) is 17.9 Å². The summed E-state index contributed by atoms with van der Waals surface area (Å²) in [6.45, 7) is 0. The number of ether oxygens (including phenoxy) is 2. The Morgan fingerprint density at radius 2 is 1.70 bits per heavy atom. The summed E-state index contributed by atoms with van der Waals surface area (Å²) in [5, 5.41) is 9.47. The lowest BCUT2D eigenvalue weighted by atomic mass is 10.3. The summed E-state index contributed by atoms with van der Waals surface area (Å²) in [4.78, 5) is -0.555. The van der Waals surface area contributed by atoms with Gasteiger partial charge in [0.25, 0.3) is 10.0 Å². The van der Waals surface area contributed by atoms with E-state index in [-0.39, 0.29) is 22.9 Å². The second-order valence-electron chi connectivity index (χ2n) is 4.63. The number of phenolic OH excluding ortho intramolecular Hbond substituents is 1. The molecule has 0 radical (unpaired) electrons. The van der Waals surface area contributed by atoms with E-state index in [0.29, 0.717) is 0 Å². The molecule has 0 unspecified atom stereocenters. The second kappa shape index (κ2) is 6.33. The highest BCUT2D eigenvalue weighted by atomic mass is 32.2. The van der Waals surface area contributed by atoms with Crippen molar-refractivity contribution < 1.29 is 27.4 Å². The molecule has 0 fully saturated rings. The smallest absolute Gasteiger partial charge is 0.267 e. The number of hydrogen-bond acceptors (Lipinski definition) is 5. The summed E-state index contributed by atoms with van der Waals surface area (Å²) in [7, 11) is -0.273. The van der Waals surface area contributed by atoms with E-state index >= 15 is 0 Å². The Kier molecular flexibility index (Phi) is 4.65. The summed E-state index contributed by atoms with van der Waals surface area (Å²) in [6, 6.07) is 7.64. The Labute approximate surface area is 133 Å². The predicted molar refractivity (Wildman–Crippen MR) is 83.2 cm³/mol.